The van der Waals surface area contributed by atoms with Gasteiger partial charge in [0.25, 0.3) is 0 Å². The van der Waals surface area contributed by atoms with E-state index in [1.54, 1.807) is 29.6 Å². The van der Waals surface area contributed by atoms with Crippen LogP contribution in [0.1, 0.15) is 12.6 Å². The summed E-state index contributed by atoms with van der Waals surface area (Å²) in [5.41, 5.74) is 1.33. The number of nitrogens with zero attached hydrogens (tertiary/aromatic N) is 6. The molecule has 30 heavy (non-hydrogen) atoms. The number of thiazole rings is 1. The molecule has 0 saturated carbocycles. The normalized spacial score (nSPS) is 10.9. The Kier molecular flexibility index (Phi) is 5.81. The molecule has 4 aromatic rings. The third kappa shape index (κ3) is 4.21. The summed E-state index contributed by atoms with van der Waals surface area (Å²) in [6.07, 6.45) is 0. The maximum atomic E-state index is 14.2. The van der Waals surface area contributed by atoms with E-state index in [0.29, 0.717) is 27.4 Å². The number of hydrogen-bond donors (Lipinski definition) is 0. The van der Waals surface area contributed by atoms with Crippen LogP contribution in [0.25, 0.3) is 5.69 Å². The molecule has 0 aliphatic heterocycles. The molecule has 2 heterocycles. The van der Waals surface area contributed by atoms with Gasteiger partial charge in [0.15, 0.2) is 5.13 Å². The summed E-state index contributed by atoms with van der Waals surface area (Å²) in [4.78, 5) is 17.8. The van der Waals surface area contributed by atoms with E-state index in [2.05, 4.69) is 20.5 Å². The van der Waals surface area contributed by atoms with E-state index in [4.69, 9.17) is 0 Å². The fraction of sp³-hybridized carbons (Fsp3) is 0.105. The molecule has 0 N–H and O–H groups in total. The zero-order valence-electron chi connectivity index (χ0n) is 15.6. The molecule has 0 saturated heterocycles. The molecule has 4 rings (SSSR count). The van der Waals surface area contributed by atoms with Gasteiger partial charge in [-0.25, -0.2) is 13.8 Å². The second-order valence-corrected chi connectivity index (χ2v) is 7.85. The van der Waals surface area contributed by atoms with Crippen molar-refractivity contribution in [2.45, 2.75) is 17.8 Å². The number of halogens is 2. The Morgan fingerprint density at radius 1 is 1.20 bits per heavy atom. The summed E-state index contributed by atoms with van der Waals surface area (Å²) in [7, 11) is 0. The Labute approximate surface area is 178 Å². The van der Waals surface area contributed by atoms with Crippen molar-refractivity contribution >= 4 is 39.8 Å². The zero-order valence-corrected chi connectivity index (χ0v) is 17.2. The van der Waals surface area contributed by atoms with Crippen LogP contribution >= 0.6 is 23.1 Å². The monoisotopic (exact) mass is 444 g/mol. The first-order valence-electron chi connectivity index (χ1n) is 8.69. The number of tetrazole rings is 1. The van der Waals surface area contributed by atoms with Gasteiger partial charge in [0.05, 0.1) is 17.1 Å². The Morgan fingerprint density at radius 3 is 2.80 bits per heavy atom. The van der Waals surface area contributed by atoms with E-state index >= 15 is 0 Å². The predicted molar refractivity (Wildman–Crippen MR) is 110 cm³/mol. The Bertz CT molecular complexity index is 1200. The van der Waals surface area contributed by atoms with Gasteiger partial charge in [-0.2, -0.15) is 4.68 Å². The summed E-state index contributed by atoms with van der Waals surface area (Å²) in [6, 6.07) is 12.0. The lowest BCUT2D eigenvalue weighted by molar-refractivity contribution is -0.115. The van der Waals surface area contributed by atoms with Gasteiger partial charge in [-0.1, -0.05) is 30.0 Å². The van der Waals surface area contributed by atoms with Crippen molar-refractivity contribution in [1.82, 2.24) is 25.2 Å². The Morgan fingerprint density at radius 2 is 2.03 bits per heavy atom. The number of amides is 1. The average molecular weight is 444 g/mol. The number of anilines is 2. The number of benzene rings is 2. The van der Waals surface area contributed by atoms with Gasteiger partial charge in [0.2, 0.25) is 11.1 Å². The molecule has 0 aliphatic carbocycles. The number of hydrogen-bond acceptors (Lipinski definition) is 7. The highest BCUT2D eigenvalue weighted by Gasteiger charge is 2.21. The fourth-order valence-electron chi connectivity index (χ4n) is 2.68. The van der Waals surface area contributed by atoms with Crippen molar-refractivity contribution < 1.29 is 13.6 Å². The van der Waals surface area contributed by atoms with Crippen LogP contribution in [-0.2, 0) is 10.5 Å². The molecule has 11 heteroatoms. The highest BCUT2D eigenvalue weighted by Crippen LogP contribution is 2.32. The second-order valence-electron chi connectivity index (χ2n) is 6.07. The Hall–Kier alpha value is -3.18. The van der Waals surface area contributed by atoms with Crippen LogP contribution in [0.15, 0.2) is 59.1 Å². The minimum absolute atomic E-state index is 0.147. The number of para-hydroxylation sites is 1. The summed E-state index contributed by atoms with van der Waals surface area (Å²) in [5.74, 6) is -0.827. The van der Waals surface area contributed by atoms with E-state index in [0.717, 1.165) is 0 Å². The molecule has 0 atom stereocenters. The molecule has 1 amide bonds. The SMILES string of the molecule is CC(=O)N(c1nc(CSc2nnnn2-c2cccc(F)c2)cs1)c1ccccc1F. The molecule has 7 nitrogen and oxygen atoms in total. The molecule has 0 radical (unpaired) electrons. The fourth-order valence-corrected chi connectivity index (χ4v) is 4.45. The van der Waals surface area contributed by atoms with E-state index < -0.39 is 5.82 Å². The molecule has 2 aromatic heterocycles. The first-order valence-corrected chi connectivity index (χ1v) is 10.6. The van der Waals surface area contributed by atoms with Crippen molar-refractivity contribution in [2.24, 2.45) is 0 Å². The van der Waals surface area contributed by atoms with Gasteiger partial charge < -0.3 is 0 Å². The summed E-state index contributed by atoms with van der Waals surface area (Å²) in [5, 5.41) is 14.1. The van der Waals surface area contributed by atoms with Gasteiger partial charge in [-0.15, -0.1) is 16.4 Å². The van der Waals surface area contributed by atoms with Gasteiger partial charge in [0.1, 0.15) is 11.6 Å². The van der Waals surface area contributed by atoms with Crippen molar-refractivity contribution in [3.63, 3.8) is 0 Å². The summed E-state index contributed by atoms with van der Waals surface area (Å²) < 4.78 is 29.1. The van der Waals surface area contributed by atoms with Crippen LogP contribution in [0.3, 0.4) is 0 Å². The standard InChI is InChI=1S/C19H14F2N6OS2/c1-12(28)26(17-8-3-2-7-16(17)21)18-22-14(10-29-18)11-30-19-23-24-25-27(19)15-6-4-5-13(20)9-15/h2-10H,11H2,1H3. The largest absolute Gasteiger partial charge is 0.274 e. The minimum Gasteiger partial charge on any atom is -0.274 e. The van der Waals surface area contributed by atoms with Crippen LogP contribution in [-0.4, -0.2) is 31.1 Å². The van der Waals surface area contributed by atoms with Crippen molar-refractivity contribution in [3.05, 3.63) is 71.2 Å². The van der Waals surface area contributed by atoms with Gasteiger partial charge in [-0.3, -0.25) is 9.69 Å². The van der Waals surface area contributed by atoms with E-state index in [1.807, 2.05) is 0 Å². The molecule has 0 aliphatic rings. The minimum atomic E-state index is -0.506. The molecule has 0 unspecified atom stereocenters. The number of carbonyl (C=O) groups excluding carboxylic acids is 1. The van der Waals surface area contributed by atoms with Gasteiger partial charge in [0, 0.05) is 18.1 Å². The highest BCUT2D eigenvalue weighted by atomic mass is 32.2. The molecule has 2 aromatic carbocycles. The molecule has 0 spiro atoms. The van der Waals surface area contributed by atoms with Crippen LogP contribution in [0.2, 0.25) is 0 Å². The first-order chi connectivity index (χ1) is 14.5. The van der Waals surface area contributed by atoms with Crippen molar-refractivity contribution in [2.75, 3.05) is 4.90 Å². The molecular formula is C19H14F2N6OS2. The van der Waals surface area contributed by atoms with E-state index in [-0.39, 0.29) is 17.4 Å². The summed E-state index contributed by atoms with van der Waals surface area (Å²) >= 11 is 2.55. The predicted octanol–water partition coefficient (Wildman–Crippen LogP) is 4.37. The van der Waals surface area contributed by atoms with E-state index in [9.17, 15) is 13.6 Å². The lowest BCUT2D eigenvalue weighted by Gasteiger charge is -2.18. The quantitative estimate of drug-likeness (QED) is 0.411. The van der Waals surface area contributed by atoms with E-state index in [1.165, 1.54) is 63.9 Å². The van der Waals surface area contributed by atoms with Gasteiger partial charge >= 0.3 is 0 Å². The number of rotatable bonds is 6. The zero-order chi connectivity index (χ0) is 21.1. The molecule has 0 bridgehead atoms. The van der Waals surface area contributed by atoms with Crippen LogP contribution in [0.4, 0.5) is 19.6 Å². The lowest BCUT2D eigenvalue weighted by atomic mass is 10.3. The third-order valence-electron chi connectivity index (χ3n) is 3.98. The topological polar surface area (TPSA) is 76.8 Å². The number of carbonyl (C=O) groups is 1. The summed E-state index contributed by atoms with van der Waals surface area (Å²) in [6.45, 7) is 1.36. The second kappa shape index (κ2) is 8.67. The molecule has 0 fully saturated rings. The third-order valence-corrected chi connectivity index (χ3v) is 5.81. The number of thioether (sulfide) groups is 1. The van der Waals surface area contributed by atoms with Crippen LogP contribution in [0.5, 0.6) is 0 Å². The smallest absolute Gasteiger partial charge is 0.230 e. The maximum absolute atomic E-state index is 14.2. The highest BCUT2D eigenvalue weighted by molar-refractivity contribution is 7.98. The first kappa shape index (κ1) is 20.1. The lowest BCUT2D eigenvalue weighted by Crippen LogP contribution is -2.23. The van der Waals surface area contributed by atoms with Crippen LogP contribution < -0.4 is 4.90 Å². The molecular weight excluding hydrogens is 430 g/mol. The van der Waals surface area contributed by atoms with Crippen molar-refractivity contribution in [1.29, 1.82) is 0 Å². The average Bonchev–Trinajstić information content (AvgIpc) is 3.37. The molecule has 152 valence electrons. The van der Waals surface area contributed by atoms with Crippen LogP contribution in [0, 0.1) is 11.6 Å². The van der Waals surface area contributed by atoms with Gasteiger partial charge in [-0.05, 0) is 40.8 Å². The number of aromatic nitrogens is 5. The Balaban J connectivity index is 1.53. The van der Waals surface area contributed by atoms with Crippen molar-refractivity contribution in [3.8, 4) is 5.69 Å². The maximum Gasteiger partial charge on any atom is 0.230 e.